The molecule has 84 valence electrons. The second kappa shape index (κ2) is 5.28. The molecule has 1 aromatic rings. The molecule has 15 heavy (non-hydrogen) atoms. The maximum absolute atomic E-state index is 5.23. The van der Waals surface area contributed by atoms with Crippen molar-refractivity contribution in [1.29, 1.82) is 0 Å². The molecule has 0 spiro atoms. The molecule has 1 aliphatic rings. The van der Waals surface area contributed by atoms with E-state index in [1.807, 2.05) is 23.1 Å². The van der Waals surface area contributed by atoms with Gasteiger partial charge < -0.3 is 10.1 Å². The summed E-state index contributed by atoms with van der Waals surface area (Å²) in [5.41, 5.74) is 0. The number of hydrogen-bond acceptors (Lipinski definition) is 3. The summed E-state index contributed by atoms with van der Waals surface area (Å²) >= 11 is 0. The molecule has 4 nitrogen and oxygen atoms in total. The largest absolute Gasteiger partial charge is 0.381 e. The summed E-state index contributed by atoms with van der Waals surface area (Å²) < 4.78 is 7.20. The summed E-state index contributed by atoms with van der Waals surface area (Å²) in [5.74, 6) is 0. The summed E-state index contributed by atoms with van der Waals surface area (Å²) in [6, 6.07) is 2.63. The molecule has 1 saturated carbocycles. The van der Waals surface area contributed by atoms with Gasteiger partial charge in [-0.05, 0) is 31.9 Å². The normalized spacial score (nSPS) is 25.1. The Morgan fingerprint density at radius 3 is 3.07 bits per heavy atom. The van der Waals surface area contributed by atoms with E-state index >= 15 is 0 Å². The highest BCUT2D eigenvalue weighted by atomic mass is 16.5. The summed E-state index contributed by atoms with van der Waals surface area (Å²) in [6.07, 6.45) is 7.78. The lowest BCUT2D eigenvalue weighted by Gasteiger charge is -2.34. The van der Waals surface area contributed by atoms with Gasteiger partial charge in [0.05, 0.1) is 6.10 Å². The van der Waals surface area contributed by atoms with E-state index in [9.17, 15) is 0 Å². The zero-order valence-corrected chi connectivity index (χ0v) is 9.22. The van der Waals surface area contributed by atoms with Crippen LogP contribution in [-0.2, 0) is 11.3 Å². The van der Waals surface area contributed by atoms with Crippen molar-refractivity contribution < 1.29 is 4.74 Å². The van der Waals surface area contributed by atoms with Crippen molar-refractivity contribution >= 4 is 0 Å². The van der Waals surface area contributed by atoms with Crippen molar-refractivity contribution in [2.24, 2.45) is 0 Å². The van der Waals surface area contributed by atoms with Crippen LogP contribution in [0.15, 0.2) is 18.5 Å². The number of aryl methyl sites for hydroxylation is 1. The quantitative estimate of drug-likeness (QED) is 0.712. The molecule has 0 aromatic carbocycles. The number of methoxy groups -OCH3 is 1. The predicted octanol–water partition coefficient (Wildman–Crippen LogP) is 1.04. The van der Waals surface area contributed by atoms with Crippen molar-refractivity contribution in [3.05, 3.63) is 18.5 Å². The third kappa shape index (κ3) is 3.04. The number of aromatic nitrogens is 2. The van der Waals surface area contributed by atoms with E-state index in [0.29, 0.717) is 12.1 Å². The van der Waals surface area contributed by atoms with Gasteiger partial charge in [0.25, 0.3) is 0 Å². The standard InChI is InChI=1S/C11H19N3O/c1-15-11-8-10(9-11)12-4-2-6-14-7-3-5-13-14/h3,5,7,10-12H,2,4,6,8-9H2,1H3. The molecule has 1 N–H and O–H groups in total. The Balaban J connectivity index is 1.50. The monoisotopic (exact) mass is 209 g/mol. The summed E-state index contributed by atoms with van der Waals surface area (Å²) in [6.45, 7) is 2.07. The number of nitrogens with one attached hydrogen (secondary N) is 1. The molecule has 0 aliphatic heterocycles. The molecule has 0 amide bonds. The van der Waals surface area contributed by atoms with Crippen LogP contribution in [0.1, 0.15) is 19.3 Å². The number of nitrogens with zero attached hydrogens (tertiary/aromatic N) is 2. The SMILES string of the molecule is COC1CC(NCCCn2cccn2)C1. The highest BCUT2D eigenvalue weighted by Gasteiger charge is 2.27. The average molecular weight is 209 g/mol. The second-order valence-electron chi connectivity index (χ2n) is 4.10. The first-order valence-corrected chi connectivity index (χ1v) is 5.62. The molecule has 1 fully saturated rings. The number of rotatable bonds is 6. The minimum atomic E-state index is 0.494. The van der Waals surface area contributed by atoms with Crippen molar-refractivity contribution in [3.8, 4) is 0 Å². The lowest BCUT2D eigenvalue weighted by atomic mass is 9.89. The van der Waals surface area contributed by atoms with Gasteiger partial charge in [0, 0.05) is 32.1 Å². The third-order valence-electron chi connectivity index (χ3n) is 2.98. The topological polar surface area (TPSA) is 39.1 Å². The molecule has 0 radical (unpaired) electrons. The van der Waals surface area contributed by atoms with E-state index in [1.54, 1.807) is 7.11 Å². The molecule has 0 bridgehead atoms. The molecule has 4 heteroatoms. The highest BCUT2D eigenvalue weighted by Crippen LogP contribution is 2.22. The minimum absolute atomic E-state index is 0.494. The fourth-order valence-corrected chi connectivity index (χ4v) is 1.90. The summed E-state index contributed by atoms with van der Waals surface area (Å²) in [4.78, 5) is 0. The molecule has 1 aliphatic carbocycles. The van der Waals surface area contributed by atoms with Gasteiger partial charge in [-0.15, -0.1) is 0 Å². The van der Waals surface area contributed by atoms with Crippen LogP contribution in [-0.4, -0.2) is 35.6 Å². The maximum atomic E-state index is 5.23. The highest BCUT2D eigenvalue weighted by molar-refractivity contribution is 4.85. The molecule has 1 aromatic heterocycles. The van der Waals surface area contributed by atoms with E-state index in [1.165, 1.54) is 0 Å². The van der Waals surface area contributed by atoms with Crippen LogP contribution in [0.25, 0.3) is 0 Å². The van der Waals surface area contributed by atoms with E-state index in [-0.39, 0.29) is 0 Å². The first kappa shape index (κ1) is 10.6. The molecular weight excluding hydrogens is 190 g/mol. The molecule has 0 atom stereocenters. The van der Waals surface area contributed by atoms with Crippen LogP contribution < -0.4 is 5.32 Å². The van der Waals surface area contributed by atoms with Gasteiger partial charge in [-0.25, -0.2) is 0 Å². The van der Waals surface area contributed by atoms with Crippen molar-refractivity contribution in [2.45, 2.75) is 38.0 Å². The van der Waals surface area contributed by atoms with Crippen molar-refractivity contribution in [1.82, 2.24) is 15.1 Å². The first-order valence-electron chi connectivity index (χ1n) is 5.62. The predicted molar refractivity (Wildman–Crippen MR) is 58.7 cm³/mol. The van der Waals surface area contributed by atoms with Crippen LogP contribution in [0.2, 0.25) is 0 Å². The fourth-order valence-electron chi connectivity index (χ4n) is 1.90. The van der Waals surface area contributed by atoms with Gasteiger partial charge in [-0.1, -0.05) is 0 Å². The van der Waals surface area contributed by atoms with Crippen molar-refractivity contribution in [3.63, 3.8) is 0 Å². The van der Waals surface area contributed by atoms with E-state index in [0.717, 1.165) is 32.4 Å². The smallest absolute Gasteiger partial charge is 0.0601 e. The molecule has 1 heterocycles. The Morgan fingerprint density at radius 2 is 2.40 bits per heavy atom. The average Bonchev–Trinajstić information content (AvgIpc) is 2.67. The third-order valence-corrected chi connectivity index (χ3v) is 2.98. The second-order valence-corrected chi connectivity index (χ2v) is 4.10. The Labute approximate surface area is 90.6 Å². The van der Waals surface area contributed by atoms with Crippen LogP contribution in [0.3, 0.4) is 0 Å². The Hall–Kier alpha value is -0.870. The zero-order valence-electron chi connectivity index (χ0n) is 9.22. The van der Waals surface area contributed by atoms with Gasteiger partial charge in [-0.3, -0.25) is 4.68 Å². The van der Waals surface area contributed by atoms with Gasteiger partial charge in [-0.2, -0.15) is 5.10 Å². The van der Waals surface area contributed by atoms with Gasteiger partial charge >= 0.3 is 0 Å². The lowest BCUT2D eigenvalue weighted by Crippen LogP contribution is -2.45. The van der Waals surface area contributed by atoms with Crippen LogP contribution in [0.5, 0.6) is 0 Å². The molecular formula is C11H19N3O. The first-order chi connectivity index (χ1) is 7.38. The van der Waals surface area contributed by atoms with Gasteiger partial charge in [0.2, 0.25) is 0 Å². The van der Waals surface area contributed by atoms with Crippen molar-refractivity contribution in [2.75, 3.05) is 13.7 Å². The maximum Gasteiger partial charge on any atom is 0.0601 e. The number of hydrogen-bond donors (Lipinski definition) is 1. The van der Waals surface area contributed by atoms with E-state index < -0.39 is 0 Å². The minimum Gasteiger partial charge on any atom is -0.381 e. The van der Waals surface area contributed by atoms with Crippen LogP contribution in [0, 0.1) is 0 Å². The number of ether oxygens (including phenoxy) is 1. The Bertz CT molecular complexity index is 267. The van der Waals surface area contributed by atoms with E-state index in [4.69, 9.17) is 4.74 Å². The molecule has 0 saturated heterocycles. The fraction of sp³-hybridized carbons (Fsp3) is 0.727. The molecule has 0 unspecified atom stereocenters. The van der Waals surface area contributed by atoms with Crippen LogP contribution >= 0.6 is 0 Å². The summed E-state index contributed by atoms with van der Waals surface area (Å²) in [5, 5.41) is 7.69. The van der Waals surface area contributed by atoms with E-state index in [2.05, 4.69) is 10.4 Å². The molecule has 2 rings (SSSR count). The van der Waals surface area contributed by atoms with Gasteiger partial charge in [0.15, 0.2) is 0 Å². The van der Waals surface area contributed by atoms with Gasteiger partial charge in [0.1, 0.15) is 0 Å². The lowest BCUT2D eigenvalue weighted by molar-refractivity contribution is 0.0174. The Kier molecular flexibility index (Phi) is 3.75. The van der Waals surface area contributed by atoms with Crippen LogP contribution in [0.4, 0.5) is 0 Å². The zero-order chi connectivity index (χ0) is 10.5. The summed E-state index contributed by atoms with van der Waals surface area (Å²) in [7, 11) is 1.79. The Morgan fingerprint density at radius 1 is 1.53 bits per heavy atom.